The highest BCUT2D eigenvalue weighted by Gasteiger charge is 2.24. The van der Waals surface area contributed by atoms with E-state index in [4.69, 9.17) is 16.3 Å². The number of carbonyl (C=O) groups is 2. The molecule has 0 unspecified atom stereocenters. The summed E-state index contributed by atoms with van der Waals surface area (Å²) in [6.07, 6.45) is 0.523. The number of morpholine rings is 1. The second-order valence-electron chi connectivity index (χ2n) is 6.51. The lowest BCUT2D eigenvalue weighted by Crippen LogP contribution is -2.52. The van der Waals surface area contributed by atoms with Crippen LogP contribution in [0.4, 0.5) is 10.5 Å². The predicted molar refractivity (Wildman–Crippen MR) is 100 cm³/mol. The Labute approximate surface area is 158 Å². The van der Waals surface area contributed by atoms with Crippen LogP contribution in [0.1, 0.15) is 6.42 Å². The fraction of sp³-hybridized carbons (Fsp3) is 0.556. The lowest BCUT2D eigenvalue weighted by molar-refractivity contribution is -0.133. The number of nitrogens with zero attached hydrogens (tertiary/aromatic N) is 3. The Bertz CT molecular complexity index is 629. The summed E-state index contributed by atoms with van der Waals surface area (Å²) in [5, 5.41) is 3.43. The van der Waals surface area contributed by atoms with Crippen molar-refractivity contribution in [1.82, 2.24) is 14.7 Å². The van der Waals surface area contributed by atoms with Gasteiger partial charge in [0, 0.05) is 62.9 Å². The predicted octanol–water partition coefficient (Wildman–Crippen LogP) is 1.74. The third kappa shape index (κ3) is 5.33. The monoisotopic (exact) mass is 380 g/mol. The molecule has 7 nitrogen and oxygen atoms in total. The molecule has 0 aliphatic carbocycles. The van der Waals surface area contributed by atoms with Crippen molar-refractivity contribution in [2.45, 2.75) is 6.42 Å². The van der Waals surface area contributed by atoms with Crippen LogP contribution in [0, 0.1) is 0 Å². The zero-order valence-electron chi connectivity index (χ0n) is 14.8. The van der Waals surface area contributed by atoms with Crippen LogP contribution in [-0.2, 0) is 9.53 Å². The summed E-state index contributed by atoms with van der Waals surface area (Å²) in [6.45, 7) is 6.28. The molecule has 0 saturated carbocycles. The van der Waals surface area contributed by atoms with Crippen molar-refractivity contribution in [3.05, 3.63) is 29.3 Å². The van der Waals surface area contributed by atoms with E-state index in [0.29, 0.717) is 43.3 Å². The molecule has 8 heteroatoms. The Morgan fingerprint density at radius 1 is 1.04 bits per heavy atom. The Kier molecular flexibility index (Phi) is 6.71. The van der Waals surface area contributed by atoms with Gasteiger partial charge in [0.05, 0.1) is 13.2 Å². The van der Waals surface area contributed by atoms with Crippen LogP contribution in [0.25, 0.3) is 0 Å². The summed E-state index contributed by atoms with van der Waals surface area (Å²) in [5.74, 6) is 0.159. The largest absolute Gasteiger partial charge is 0.379 e. The van der Waals surface area contributed by atoms with E-state index < -0.39 is 0 Å². The lowest BCUT2D eigenvalue weighted by atomic mass is 10.2. The summed E-state index contributed by atoms with van der Waals surface area (Å²) in [5.41, 5.74) is 0.673. The molecule has 0 spiro atoms. The minimum atomic E-state index is -0.160. The Balaban J connectivity index is 1.40. The second-order valence-corrected chi connectivity index (χ2v) is 6.95. The van der Waals surface area contributed by atoms with E-state index in [-0.39, 0.29) is 11.9 Å². The molecule has 0 atom stereocenters. The van der Waals surface area contributed by atoms with Crippen LogP contribution >= 0.6 is 11.6 Å². The van der Waals surface area contributed by atoms with Crippen LogP contribution in [0.3, 0.4) is 0 Å². The molecule has 3 amide bonds. The number of anilines is 1. The first-order chi connectivity index (χ1) is 12.6. The topological polar surface area (TPSA) is 65.1 Å². The first-order valence-electron chi connectivity index (χ1n) is 9.01. The van der Waals surface area contributed by atoms with Crippen molar-refractivity contribution in [3.8, 4) is 0 Å². The van der Waals surface area contributed by atoms with Crippen molar-refractivity contribution in [1.29, 1.82) is 0 Å². The number of piperazine rings is 1. The minimum Gasteiger partial charge on any atom is -0.379 e. The molecule has 0 aromatic heterocycles. The highest BCUT2D eigenvalue weighted by atomic mass is 35.5. The number of hydrogen-bond donors (Lipinski definition) is 1. The highest BCUT2D eigenvalue weighted by Crippen LogP contribution is 2.16. The molecular formula is C18H25ClN4O3. The maximum absolute atomic E-state index is 12.4. The first-order valence-corrected chi connectivity index (χ1v) is 9.39. The van der Waals surface area contributed by atoms with Gasteiger partial charge in [0.25, 0.3) is 0 Å². The van der Waals surface area contributed by atoms with Crippen molar-refractivity contribution < 1.29 is 14.3 Å². The van der Waals surface area contributed by atoms with Gasteiger partial charge < -0.3 is 19.9 Å². The van der Waals surface area contributed by atoms with E-state index >= 15 is 0 Å². The lowest BCUT2D eigenvalue weighted by Gasteiger charge is -2.35. The van der Waals surface area contributed by atoms with Gasteiger partial charge in [-0.25, -0.2) is 4.79 Å². The average molecular weight is 381 g/mol. The number of amides is 3. The molecule has 2 aliphatic heterocycles. The highest BCUT2D eigenvalue weighted by molar-refractivity contribution is 6.30. The van der Waals surface area contributed by atoms with Crippen molar-refractivity contribution in [2.24, 2.45) is 0 Å². The fourth-order valence-corrected chi connectivity index (χ4v) is 3.35. The Hall–Kier alpha value is -1.83. The van der Waals surface area contributed by atoms with Crippen LogP contribution < -0.4 is 5.32 Å². The molecule has 0 bridgehead atoms. The molecule has 142 valence electrons. The maximum atomic E-state index is 12.4. The normalized spacial score (nSPS) is 18.7. The van der Waals surface area contributed by atoms with Gasteiger partial charge >= 0.3 is 6.03 Å². The summed E-state index contributed by atoms with van der Waals surface area (Å²) in [6, 6.07) is 6.91. The van der Waals surface area contributed by atoms with Gasteiger partial charge in [-0.05, 0) is 18.2 Å². The summed E-state index contributed by atoms with van der Waals surface area (Å²) in [4.78, 5) is 30.6. The van der Waals surface area contributed by atoms with E-state index in [1.807, 2.05) is 4.90 Å². The Morgan fingerprint density at radius 3 is 2.42 bits per heavy atom. The van der Waals surface area contributed by atoms with E-state index in [1.54, 1.807) is 29.2 Å². The van der Waals surface area contributed by atoms with E-state index in [1.165, 1.54) is 0 Å². The van der Waals surface area contributed by atoms with Crippen molar-refractivity contribution >= 4 is 29.2 Å². The molecule has 1 aromatic rings. The number of carbonyl (C=O) groups excluding carboxylic acids is 2. The zero-order chi connectivity index (χ0) is 18.4. The van der Waals surface area contributed by atoms with Gasteiger partial charge in [-0.3, -0.25) is 9.69 Å². The first kappa shape index (κ1) is 18.9. The van der Waals surface area contributed by atoms with Gasteiger partial charge in [0.15, 0.2) is 0 Å². The van der Waals surface area contributed by atoms with Crippen molar-refractivity contribution in [3.63, 3.8) is 0 Å². The van der Waals surface area contributed by atoms with Crippen LogP contribution in [0.15, 0.2) is 24.3 Å². The molecular weight excluding hydrogens is 356 g/mol. The van der Waals surface area contributed by atoms with Gasteiger partial charge in [0.1, 0.15) is 0 Å². The number of urea groups is 1. The van der Waals surface area contributed by atoms with Crippen molar-refractivity contribution in [2.75, 3.05) is 64.3 Å². The number of rotatable bonds is 4. The zero-order valence-corrected chi connectivity index (χ0v) is 15.6. The van der Waals surface area contributed by atoms with E-state index in [0.717, 1.165) is 32.8 Å². The van der Waals surface area contributed by atoms with Gasteiger partial charge in [-0.2, -0.15) is 0 Å². The van der Waals surface area contributed by atoms with Gasteiger partial charge in [-0.1, -0.05) is 17.7 Å². The van der Waals surface area contributed by atoms with Gasteiger partial charge in [0.2, 0.25) is 5.91 Å². The standard InChI is InChI=1S/C18H25ClN4O3/c19-15-2-1-3-16(14-15)20-18(25)23-8-6-22(7-9-23)17(24)4-5-21-10-12-26-13-11-21/h1-3,14H,4-13H2,(H,20,25). The number of halogens is 1. The smallest absolute Gasteiger partial charge is 0.321 e. The number of nitrogens with one attached hydrogen (secondary N) is 1. The summed E-state index contributed by atoms with van der Waals surface area (Å²) >= 11 is 5.93. The maximum Gasteiger partial charge on any atom is 0.321 e. The number of hydrogen-bond acceptors (Lipinski definition) is 4. The summed E-state index contributed by atoms with van der Waals surface area (Å²) in [7, 11) is 0. The molecule has 2 aliphatic rings. The molecule has 2 fully saturated rings. The molecule has 26 heavy (non-hydrogen) atoms. The number of ether oxygens (including phenoxy) is 1. The van der Waals surface area contributed by atoms with Crippen LogP contribution in [0.5, 0.6) is 0 Å². The average Bonchev–Trinajstić information content (AvgIpc) is 2.67. The third-order valence-corrected chi connectivity index (χ3v) is 4.98. The van der Waals surface area contributed by atoms with E-state index in [9.17, 15) is 9.59 Å². The van der Waals surface area contributed by atoms with Crippen LogP contribution in [-0.4, -0.2) is 85.7 Å². The van der Waals surface area contributed by atoms with E-state index in [2.05, 4.69) is 10.2 Å². The molecule has 0 radical (unpaired) electrons. The quantitative estimate of drug-likeness (QED) is 0.864. The molecule has 2 saturated heterocycles. The third-order valence-electron chi connectivity index (χ3n) is 4.74. The second kappa shape index (κ2) is 9.21. The molecule has 3 rings (SSSR count). The van der Waals surface area contributed by atoms with Gasteiger partial charge in [-0.15, -0.1) is 0 Å². The van der Waals surface area contributed by atoms with Crippen LogP contribution in [0.2, 0.25) is 5.02 Å². The molecule has 2 heterocycles. The number of benzene rings is 1. The SMILES string of the molecule is O=C(CCN1CCOCC1)N1CCN(C(=O)Nc2cccc(Cl)c2)CC1. The fourth-order valence-electron chi connectivity index (χ4n) is 3.16. The molecule has 1 aromatic carbocycles. The Morgan fingerprint density at radius 2 is 1.73 bits per heavy atom. The molecule has 1 N–H and O–H groups in total. The minimum absolute atomic E-state index is 0.159. The summed E-state index contributed by atoms with van der Waals surface area (Å²) < 4.78 is 5.32.